The molecular formula is C25H26N2O6. The number of fused-ring (bicyclic) bond motifs is 3. The van der Waals surface area contributed by atoms with Crippen molar-refractivity contribution in [2.45, 2.75) is 37.3 Å². The van der Waals surface area contributed by atoms with Crippen molar-refractivity contribution in [2.24, 2.45) is 0 Å². The van der Waals surface area contributed by atoms with E-state index in [1.165, 1.54) is 0 Å². The van der Waals surface area contributed by atoms with Crippen LogP contribution in [0.3, 0.4) is 0 Å². The van der Waals surface area contributed by atoms with Crippen molar-refractivity contribution in [1.82, 2.24) is 10.6 Å². The number of carbonyl (C=O) groups excluding carboxylic acids is 2. The summed E-state index contributed by atoms with van der Waals surface area (Å²) < 4.78 is 10.8. The number of nitrogens with one attached hydrogen (secondary N) is 2. The van der Waals surface area contributed by atoms with Crippen LogP contribution in [0.25, 0.3) is 11.1 Å². The number of alkyl carbamates (subject to hydrolysis) is 1. The van der Waals surface area contributed by atoms with Crippen molar-refractivity contribution in [1.29, 1.82) is 0 Å². The molecule has 0 saturated carbocycles. The third-order valence-corrected chi connectivity index (χ3v) is 5.86. The van der Waals surface area contributed by atoms with E-state index in [9.17, 15) is 19.5 Å². The average Bonchev–Trinajstić information content (AvgIpc) is 3.15. The van der Waals surface area contributed by atoms with E-state index in [2.05, 4.69) is 10.6 Å². The fraction of sp³-hybridized carbons (Fsp3) is 0.320. The monoisotopic (exact) mass is 450 g/mol. The number of amides is 2. The second-order valence-electron chi connectivity index (χ2n) is 8.07. The highest BCUT2D eigenvalue weighted by molar-refractivity contribution is 5.89. The average molecular weight is 450 g/mol. The maximum Gasteiger partial charge on any atom is 0.407 e. The van der Waals surface area contributed by atoms with Crippen LogP contribution in [0.1, 0.15) is 36.3 Å². The molecule has 172 valence electrons. The highest BCUT2D eigenvalue weighted by Gasteiger charge is 2.30. The van der Waals surface area contributed by atoms with Crippen molar-refractivity contribution < 1.29 is 29.0 Å². The molecule has 33 heavy (non-hydrogen) atoms. The Labute approximate surface area is 191 Å². The minimum absolute atomic E-state index is 0.0729. The second kappa shape index (κ2) is 10.2. The summed E-state index contributed by atoms with van der Waals surface area (Å²) in [4.78, 5) is 36.2. The van der Waals surface area contributed by atoms with Gasteiger partial charge in [0.05, 0.1) is 19.2 Å². The number of allylic oxidation sites excluding steroid dienone is 1. The molecular weight excluding hydrogens is 424 g/mol. The van der Waals surface area contributed by atoms with Crippen molar-refractivity contribution in [3.63, 3.8) is 0 Å². The largest absolute Gasteiger partial charge is 0.497 e. The van der Waals surface area contributed by atoms with Gasteiger partial charge < -0.3 is 25.2 Å². The highest BCUT2D eigenvalue weighted by Crippen LogP contribution is 2.44. The first-order valence-corrected chi connectivity index (χ1v) is 10.9. The van der Waals surface area contributed by atoms with Crippen molar-refractivity contribution in [3.05, 3.63) is 72.0 Å². The summed E-state index contributed by atoms with van der Waals surface area (Å²) in [7, 11) is 0. The summed E-state index contributed by atoms with van der Waals surface area (Å²) in [5.41, 5.74) is 4.33. The van der Waals surface area contributed by atoms with Crippen LogP contribution in [-0.2, 0) is 19.1 Å². The SMILES string of the molecule is O=C(O)CC(NC(=O)OCC1c2ccccc2-c2ccccc21)C(=O)NCC1CCC=CO1. The molecule has 1 heterocycles. The van der Waals surface area contributed by atoms with Crippen LogP contribution in [0.2, 0.25) is 0 Å². The predicted octanol–water partition coefficient (Wildman–Crippen LogP) is 3.18. The number of hydrogen-bond acceptors (Lipinski definition) is 5. The molecule has 1 aliphatic carbocycles. The van der Waals surface area contributed by atoms with E-state index in [0.717, 1.165) is 35.1 Å². The van der Waals surface area contributed by atoms with Crippen LogP contribution in [0, 0.1) is 0 Å². The summed E-state index contributed by atoms with van der Waals surface area (Å²) in [6.07, 6.45) is 3.50. The van der Waals surface area contributed by atoms with Crippen LogP contribution < -0.4 is 10.6 Å². The normalized spacial score (nSPS) is 17.3. The van der Waals surface area contributed by atoms with Gasteiger partial charge in [0.2, 0.25) is 5.91 Å². The summed E-state index contributed by atoms with van der Waals surface area (Å²) in [6, 6.07) is 14.6. The minimum atomic E-state index is -1.25. The molecule has 0 spiro atoms. The van der Waals surface area contributed by atoms with Gasteiger partial charge in [0.1, 0.15) is 18.8 Å². The van der Waals surface area contributed by atoms with Gasteiger partial charge in [-0.3, -0.25) is 9.59 Å². The number of benzene rings is 2. The van der Waals surface area contributed by atoms with Crippen molar-refractivity contribution in [3.8, 4) is 11.1 Å². The van der Waals surface area contributed by atoms with Gasteiger partial charge in [-0.25, -0.2) is 4.79 Å². The molecule has 0 radical (unpaired) electrons. The van der Waals surface area contributed by atoms with E-state index >= 15 is 0 Å². The number of hydrogen-bond donors (Lipinski definition) is 3. The zero-order chi connectivity index (χ0) is 23.2. The Bertz CT molecular complexity index is 1020. The van der Waals surface area contributed by atoms with Gasteiger partial charge in [-0.1, -0.05) is 48.5 Å². The molecule has 3 N–H and O–H groups in total. The van der Waals surface area contributed by atoms with Crippen LogP contribution >= 0.6 is 0 Å². The zero-order valence-electron chi connectivity index (χ0n) is 18.0. The quantitative estimate of drug-likeness (QED) is 0.569. The van der Waals surface area contributed by atoms with E-state index in [1.807, 2.05) is 54.6 Å². The van der Waals surface area contributed by atoms with Gasteiger partial charge in [0.25, 0.3) is 0 Å². The molecule has 2 aromatic rings. The number of carbonyl (C=O) groups is 3. The van der Waals surface area contributed by atoms with Gasteiger partial charge in [0.15, 0.2) is 0 Å². The van der Waals surface area contributed by atoms with Crippen LogP contribution in [0.5, 0.6) is 0 Å². The molecule has 2 amide bonds. The second-order valence-corrected chi connectivity index (χ2v) is 8.07. The van der Waals surface area contributed by atoms with E-state index in [0.29, 0.717) is 0 Å². The number of ether oxygens (including phenoxy) is 2. The Balaban J connectivity index is 1.36. The molecule has 0 saturated heterocycles. The number of carboxylic acid groups (broad SMARTS) is 1. The summed E-state index contributed by atoms with van der Waals surface area (Å²) in [5.74, 6) is -1.93. The van der Waals surface area contributed by atoms with E-state index in [1.54, 1.807) is 6.26 Å². The Hall–Kier alpha value is -3.81. The highest BCUT2D eigenvalue weighted by atomic mass is 16.5. The molecule has 8 nitrogen and oxygen atoms in total. The van der Waals surface area contributed by atoms with Crippen LogP contribution in [-0.4, -0.2) is 48.4 Å². The topological polar surface area (TPSA) is 114 Å². The first kappa shape index (κ1) is 22.4. The Kier molecular flexibility index (Phi) is 6.92. The molecule has 2 aromatic carbocycles. The lowest BCUT2D eigenvalue weighted by Gasteiger charge is -2.22. The van der Waals surface area contributed by atoms with Crippen molar-refractivity contribution in [2.75, 3.05) is 13.2 Å². The third kappa shape index (κ3) is 5.34. The maximum absolute atomic E-state index is 12.5. The summed E-state index contributed by atoms with van der Waals surface area (Å²) in [5, 5.41) is 14.2. The van der Waals surface area contributed by atoms with Gasteiger partial charge in [-0.15, -0.1) is 0 Å². The molecule has 2 unspecified atom stereocenters. The van der Waals surface area contributed by atoms with Gasteiger partial charge in [0, 0.05) is 5.92 Å². The molecule has 2 atom stereocenters. The van der Waals surface area contributed by atoms with Crippen LogP contribution in [0.15, 0.2) is 60.9 Å². The molecule has 0 fully saturated rings. The number of carboxylic acids is 1. The number of rotatable bonds is 8. The fourth-order valence-electron chi connectivity index (χ4n) is 4.24. The third-order valence-electron chi connectivity index (χ3n) is 5.86. The van der Waals surface area contributed by atoms with E-state index in [-0.39, 0.29) is 25.2 Å². The number of aliphatic carboxylic acids is 1. The Morgan fingerprint density at radius 1 is 1.06 bits per heavy atom. The van der Waals surface area contributed by atoms with E-state index in [4.69, 9.17) is 9.47 Å². The summed E-state index contributed by atoms with van der Waals surface area (Å²) in [6.45, 7) is 0.301. The molecule has 8 heteroatoms. The molecule has 2 aliphatic rings. The molecule has 4 rings (SSSR count). The lowest BCUT2D eigenvalue weighted by molar-refractivity contribution is -0.139. The van der Waals surface area contributed by atoms with Gasteiger partial charge in [-0.05, 0) is 41.2 Å². The predicted molar refractivity (Wildman–Crippen MR) is 121 cm³/mol. The zero-order valence-corrected chi connectivity index (χ0v) is 18.0. The maximum atomic E-state index is 12.5. The van der Waals surface area contributed by atoms with Crippen molar-refractivity contribution >= 4 is 18.0 Å². The van der Waals surface area contributed by atoms with E-state index < -0.39 is 30.4 Å². The lowest BCUT2D eigenvalue weighted by Crippen LogP contribution is -2.49. The lowest BCUT2D eigenvalue weighted by atomic mass is 9.98. The fourth-order valence-corrected chi connectivity index (χ4v) is 4.24. The van der Waals surface area contributed by atoms with Gasteiger partial charge in [-0.2, -0.15) is 0 Å². The first-order valence-electron chi connectivity index (χ1n) is 10.9. The Morgan fingerprint density at radius 3 is 2.33 bits per heavy atom. The molecule has 0 aromatic heterocycles. The standard InChI is InChI=1S/C25H26N2O6/c28-23(29)13-22(24(30)26-14-16-7-5-6-12-32-16)27-25(31)33-15-21-19-10-3-1-8-17(19)18-9-2-4-11-20(18)21/h1-4,6,8-12,16,21-22H,5,7,13-15H2,(H,26,30)(H,27,31)(H,28,29). The molecule has 1 aliphatic heterocycles. The smallest absolute Gasteiger partial charge is 0.407 e. The Morgan fingerprint density at radius 2 is 1.73 bits per heavy atom. The van der Waals surface area contributed by atoms with Gasteiger partial charge >= 0.3 is 12.1 Å². The minimum Gasteiger partial charge on any atom is -0.497 e. The summed E-state index contributed by atoms with van der Waals surface area (Å²) >= 11 is 0. The molecule has 0 bridgehead atoms. The van der Waals surface area contributed by atoms with Crippen LogP contribution in [0.4, 0.5) is 4.79 Å². The first-order chi connectivity index (χ1) is 16.0.